The second-order valence-electron chi connectivity index (χ2n) is 6.04. The van der Waals surface area contributed by atoms with E-state index in [0.717, 1.165) is 5.69 Å². The highest BCUT2D eigenvalue weighted by molar-refractivity contribution is 6.30. The van der Waals surface area contributed by atoms with Crippen LogP contribution < -0.4 is 5.32 Å². The number of hydrogen-bond acceptors (Lipinski definition) is 4. The third kappa shape index (κ3) is 4.18. The third-order valence-electron chi connectivity index (χ3n) is 4.21. The molecule has 1 aromatic heterocycles. The molecule has 132 valence electrons. The molecule has 25 heavy (non-hydrogen) atoms. The maximum Gasteiger partial charge on any atom is 0.305 e. The zero-order valence-corrected chi connectivity index (χ0v) is 14.2. The van der Waals surface area contributed by atoms with Crippen LogP contribution in [0.5, 0.6) is 0 Å². The molecule has 0 saturated carbocycles. The maximum atomic E-state index is 12.6. The summed E-state index contributed by atoms with van der Waals surface area (Å²) in [6.45, 7) is 0.842. The Morgan fingerprint density at radius 3 is 2.76 bits per heavy atom. The molecule has 0 radical (unpaired) electrons. The average molecular weight is 364 g/mol. The highest BCUT2D eigenvalue weighted by Gasteiger charge is 2.37. The Labute approximate surface area is 149 Å². The summed E-state index contributed by atoms with van der Waals surface area (Å²) in [7, 11) is 0. The van der Waals surface area contributed by atoms with Gasteiger partial charge < -0.3 is 15.2 Å². The van der Waals surface area contributed by atoms with Crippen LogP contribution in [-0.2, 0) is 9.53 Å². The second-order valence-corrected chi connectivity index (χ2v) is 6.48. The molecule has 0 spiro atoms. The molecule has 0 unspecified atom stereocenters. The second kappa shape index (κ2) is 7.25. The van der Waals surface area contributed by atoms with E-state index in [1.54, 1.807) is 35.1 Å². The predicted octanol–water partition coefficient (Wildman–Crippen LogP) is 2.28. The number of nitrogens with zero attached hydrogens (tertiary/aromatic N) is 2. The Morgan fingerprint density at radius 1 is 1.32 bits per heavy atom. The summed E-state index contributed by atoms with van der Waals surface area (Å²) in [4.78, 5) is 23.8. The molecule has 0 aliphatic carbocycles. The molecule has 8 heteroatoms. The highest BCUT2D eigenvalue weighted by Crippen LogP contribution is 2.25. The summed E-state index contributed by atoms with van der Waals surface area (Å²) in [5.74, 6) is -1.35. The Kier molecular flexibility index (Phi) is 5.06. The molecule has 1 fully saturated rings. The molecule has 2 N–H and O–H groups in total. The lowest BCUT2D eigenvalue weighted by atomic mass is 9.86. The van der Waals surface area contributed by atoms with Crippen molar-refractivity contribution < 1.29 is 19.4 Å². The fourth-order valence-electron chi connectivity index (χ4n) is 2.91. The number of halogens is 1. The minimum Gasteiger partial charge on any atom is -0.481 e. The Balaban J connectivity index is 1.77. The first-order valence-corrected chi connectivity index (χ1v) is 8.29. The zero-order valence-electron chi connectivity index (χ0n) is 13.4. The topological polar surface area (TPSA) is 93.5 Å². The summed E-state index contributed by atoms with van der Waals surface area (Å²) >= 11 is 5.97. The van der Waals surface area contributed by atoms with E-state index in [-0.39, 0.29) is 12.1 Å². The normalized spacial score (nSPS) is 16.4. The lowest BCUT2D eigenvalue weighted by Gasteiger charge is -2.36. The number of rotatable bonds is 5. The van der Waals surface area contributed by atoms with Crippen molar-refractivity contribution in [2.24, 2.45) is 0 Å². The molecule has 1 aliphatic rings. The van der Waals surface area contributed by atoms with Crippen molar-refractivity contribution in [3.63, 3.8) is 0 Å². The molecule has 3 rings (SSSR count). The van der Waals surface area contributed by atoms with Gasteiger partial charge in [-0.1, -0.05) is 17.7 Å². The van der Waals surface area contributed by atoms with Gasteiger partial charge in [0.2, 0.25) is 0 Å². The van der Waals surface area contributed by atoms with Crippen LogP contribution in [0.15, 0.2) is 36.5 Å². The van der Waals surface area contributed by atoms with Gasteiger partial charge >= 0.3 is 5.97 Å². The fourth-order valence-corrected chi connectivity index (χ4v) is 3.09. The first-order valence-electron chi connectivity index (χ1n) is 7.91. The fraction of sp³-hybridized carbons (Fsp3) is 0.353. The van der Waals surface area contributed by atoms with Gasteiger partial charge in [0, 0.05) is 24.4 Å². The van der Waals surface area contributed by atoms with Crippen LogP contribution >= 0.6 is 11.6 Å². The van der Waals surface area contributed by atoms with Crippen molar-refractivity contribution in [3.05, 3.63) is 47.2 Å². The number of aliphatic carboxylic acids is 1. The first kappa shape index (κ1) is 17.4. The number of carboxylic acids is 1. The Morgan fingerprint density at radius 2 is 2.08 bits per heavy atom. The van der Waals surface area contributed by atoms with Gasteiger partial charge in [-0.2, -0.15) is 5.10 Å². The van der Waals surface area contributed by atoms with E-state index in [1.807, 2.05) is 6.07 Å². The van der Waals surface area contributed by atoms with Gasteiger partial charge in [-0.3, -0.25) is 9.59 Å². The number of hydrogen-bond donors (Lipinski definition) is 2. The van der Waals surface area contributed by atoms with Gasteiger partial charge in [0.25, 0.3) is 5.91 Å². The average Bonchev–Trinajstić information content (AvgIpc) is 3.05. The third-order valence-corrected chi connectivity index (χ3v) is 4.45. The molecule has 1 saturated heterocycles. The van der Waals surface area contributed by atoms with Gasteiger partial charge in [0.05, 0.1) is 17.6 Å². The van der Waals surface area contributed by atoms with Crippen molar-refractivity contribution in [1.82, 2.24) is 15.1 Å². The van der Waals surface area contributed by atoms with Gasteiger partial charge in [-0.25, -0.2) is 4.68 Å². The molecule has 7 nitrogen and oxygen atoms in total. The van der Waals surface area contributed by atoms with Crippen LogP contribution in [0, 0.1) is 0 Å². The van der Waals surface area contributed by atoms with E-state index in [0.29, 0.717) is 31.1 Å². The number of carboxylic acid groups (broad SMARTS) is 1. The summed E-state index contributed by atoms with van der Waals surface area (Å²) in [5.41, 5.74) is 0.148. The minimum absolute atomic E-state index is 0.142. The summed E-state index contributed by atoms with van der Waals surface area (Å²) in [5, 5.41) is 16.9. The standard InChI is InChI=1S/C17H18ClN3O4/c18-12-2-1-3-13(10-12)21-7-4-14(20-21)16(24)19-17(11-15(22)23)5-8-25-9-6-17/h1-4,7,10H,5-6,8-9,11H2,(H,19,24)(H,22,23). The van der Waals surface area contributed by atoms with E-state index in [1.165, 1.54) is 0 Å². The highest BCUT2D eigenvalue weighted by atomic mass is 35.5. The number of aromatic nitrogens is 2. The van der Waals surface area contributed by atoms with Crippen molar-refractivity contribution in [2.75, 3.05) is 13.2 Å². The number of carbonyl (C=O) groups is 2. The largest absolute Gasteiger partial charge is 0.481 e. The van der Waals surface area contributed by atoms with Gasteiger partial charge in [-0.05, 0) is 37.1 Å². The van der Waals surface area contributed by atoms with Crippen molar-refractivity contribution >= 4 is 23.5 Å². The van der Waals surface area contributed by atoms with Crippen molar-refractivity contribution in [1.29, 1.82) is 0 Å². The summed E-state index contributed by atoms with van der Waals surface area (Å²) in [6.07, 6.45) is 2.44. The van der Waals surface area contributed by atoms with Crippen LogP contribution in [0.4, 0.5) is 0 Å². The first-order chi connectivity index (χ1) is 12.0. The number of nitrogens with one attached hydrogen (secondary N) is 1. The van der Waals surface area contributed by atoms with Crippen LogP contribution in [0.2, 0.25) is 5.02 Å². The van der Waals surface area contributed by atoms with Gasteiger partial charge in [0.15, 0.2) is 5.69 Å². The van der Waals surface area contributed by atoms with Gasteiger partial charge in [0.1, 0.15) is 0 Å². The molecule has 1 aromatic carbocycles. The predicted molar refractivity (Wildman–Crippen MR) is 91.1 cm³/mol. The Bertz CT molecular complexity index is 784. The lowest BCUT2D eigenvalue weighted by molar-refractivity contribution is -0.139. The molecular weight excluding hydrogens is 346 g/mol. The molecule has 1 amide bonds. The quantitative estimate of drug-likeness (QED) is 0.850. The van der Waals surface area contributed by atoms with Crippen LogP contribution in [-0.4, -0.2) is 45.5 Å². The Hall–Kier alpha value is -2.38. The molecule has 0 atom stereocenters. The van der Waals surface area contributed by atoms with Crippen molar-refractivity contribution in [3.8, 4) is 5.69 Å². The maximum absolute atomic E-state index is 12.6. The van der Waals surface area contributed by atoms with E-state index < -0.39 is 17.4 Å². The number of ether oxygens (including phenoxy) is 1. The number of carbonyl (C=O) groups excluding carboxylic acids is 1. The molecular formula is C17H18ClN3O4. The van der Waals surface area contributed by atoms with Gasteiger partial charge in [-0.15, -0.1) is 0 Å². The SMILES string of the molecule is O=C(O)CC1(NC(=O)c2ccn(-c3cccc(Cl)c3)n2)CCOCC1. The molecule has 0 bridgehead atoms. The number of benzene rings is 1. The molecule has 2 heterocycles. The van der Waals surface area contributed by atoms with E-state index >= 15 is 0 Å². The summed E-state index contributed by atoms with van der Waals surface area (Å²) < 4.78 is 6.84. The smallest absolute Gasteiger partial charge is 0.305 e. The van der Waals surface area contributed by atoms with E-state index in [9.17, 15) is 9.59 Å². The molecule has 1 aliphatic heterocycles. The van der Waals surface area contributed by atoms with E-state index in [2.05, 4.69) is 10.4 Å². The zero-order chi connectivity index (χ0) is 17.9. The molecule has 2 aromatic rings. The van der Waals surface area contributed by atoms with E-state index in [4.69, 9.17) is 21.4 Å². The van der Waals surface area contributed by atoms with Crippen LogP contribution in [0.25, 0.3) is 5.69 Å². The summed E-state index contributed by atoms with van der Waals surface area (Å²) in [6, 6.07) is 8.70. The number of amides is 1. The lowest BCUT2D eigenvalue weighted by Crippen LogP contribution is -2.53. The van der Waals surface area contributed by atoms with Crippen LogP contribution in [0.1, 0.15) is 29.8 Å². The van der Waals surface area contributed by atoms with Crippen LogP contribution in [0.3, 0.4) is 0 Å². The van der Waals surface area contributed by atoms with Crippen molar-refractivity contribution in [2.45, 2.75) is 24.8 Å². The minimum atomic E-state index is -0.952. The monoisotopic (exact) mass is 363 g/mol.